The Morgan fingerprint density at radius 1 is 1.08 bits per heavy atom. The molecule has 1 fully saturated rings. The van der Waals surface area contributed by atoms with Crippen LogP contribution in [0.2, 0.25) is 0 Å². The van der Waals surface area contributed by atoms with Crippen LogP contribution in [0.4, 0.5) is 18.0 Å². The summed E-state index contributed by atoms with van der Waals surface area (Å²) in [5, 5.41) is 14.0. The molecule has 0 unspecified atom stereocenters. The fourth-order valence-electron chi connectivity index (χ4n) is 4.51. The fourth-order valence-corrected chi connectivity index (χ4v) is 4.51. The fraction of sp³-hybridized carbons (Fsp3) is 0.321. The van der Waals surface area contributed by atoms with Gasteiger partial charge in [0.25, 0.3) is 5.91 Å². The summed E-state index contributed by atoms with van der Waals surface area (Å²) in [4.78, 5) is 28.0. The van der Waals surface area contributed by atoms with Gasteiger partial charge in [-0.3, -0.25) is 9.78 Å². The first-order valence-electron chi connectivity index (χ1n) is 12.2. The van der Waals surface area contributed by atoms with Crippen molar-refractivity contribution in [2.45, 2.75) is 44.4 Å². The molecule has 3 N–H and O–H groups in total. The van der Waals surface area contributed by atoms with Gasteiger partial charge < -0.3 is 20.5 Å². The van der Waals surface area contributed by atoms with Gasteiger partial charge in [-0.1, -0.05) is 30.3 Å². The maximum Gasteiger partial charge on any atom is 0.416 e. The zero-order valence-electron chi connectivity index (χ0n) is 20.7. The number of aromatic nitrogens is 1. The van der Waals surface area contributed by atoms with Crippen molar-refractivity contribution >= 4 is 12.0 Å². The van der Waals surface area contributed by atoms with Crippen molar-refractivity contribution in [3.63, 3.8) is 0 Å². The van der Waals surface area contributed by atoms with E-state index in [9.17, 15) is 22.8 Å². The molecule has 1 aliphatic heterocycles. The van der Waals surface area contributed by atoms with Gasteiger partial charge in [-0.2, -0.15) is 13.2 Å². The zero-order valence-corrected chi connectivity index (χ0v) is 20.7. The molecule has 0 radical (unpaired) electrons. The molecule has 7 nitrogen and oxygen atoms in total. The lowest BCUT2D eigenvalue weighted by Gasteiger charge is -2.22. The Bertz CT molecular complexity index is 1290. The monoisotopic (exact) mass is 527 g/mol. The third-order valence-corrected chi connectivity index (χ3v) is 6.65. The minimum atomic E-state index is -4.54. The van der Waals surface area contributed by atoms with Gasteiger partial charge in [-0.05, 0) is 77.8 Å². The Balaban J connectivity index is 1.50. The van der Waals surface area contributed by atoms with Crippen molar-refractivity contribution in [2.75, 3.05) is 13.2 Å². The molecule has 0 bridgehead atoms. The van der Waals surface area contributed by atoms with E-state index in [4.69, 9.17) is 9.84 Å². The number of halogens is 3. The van der Waals surface area contributed by atoms with Crippen LogP contribution in [0.5, 0.6) is 0 Å². The normalized spacial score (nSPS) is 15.1. The van der Waals surface area contributed by atoms with Crippen molar-refractivity contribution in [1.29, 1.82) is 0 Å². The van der Waals surface area contributed by atoms with Gasteiger partial charge in [-0.25, -0.2) is 4.79 Å². The number of rotatable bonds is 7. The number of carboxylic acid groups (broad SMARTS) is 1. The summed E-state index contributed by atoms with van der Waals surface area (Å²) in [6.45, 7) is 3.05. The molecule has 10 heteroatoms. The second kappa shape index (κ2) is 11.6. The molecule has 4 rings (SSSR count). The summed E-state index contributed by atoms with van der Waals surface area (Å²) in [7, 11) is 0. The van der Waals surface area contributed by atoms with Gasteiger partial charge in [0.15, 0.2) is 0 Å². The number of carbonyl (C=O) groups excluding carboxylic acids is 1. The molecule has 2 aromatic carbocycles. The first kappa shape index (κ1) is 27.1. The van der Waals surface area contributed by atoms with Crippen molar-refractivity contribution in [2.24, 2.45) is 0 Å². The molecule has 1 aromatic heterocycles. The largest absolute Gasteiger partial charge is 0.465 e. The molecule has 1 atom stereocenters. The van der Waals surface area contributed by atoms with Crippen LogP contribution in [-0.4, -0.2) is 35.3 Å². The van der Waals surface area contributed by atoms with Crippen molar-refractivity contribution in [3.8, 4) is 11.1 Å². The third-order valence-electron chi connectivity index (χ3n) is 6.65. The number of benzene rings is 2. The summed E-state index contributed by atoms with van der Waals surface area (Å²) in [5.74, 6) is 0.00472. The van der Waals surface area contributed by atoms with Crippen LogP contribution in [0.3, 0.4) is 0 Å². The van der Waals surface area contributed by atoms with Crippen LogP contribution in [-0.2, 0) is 17.5 Å². The van der Waals surface area contributed by atoms with Gasteiger partial charge >= 0.3 is 12.3 Å². The Labute approximate surface area is 218 Å². The minimum Gasteiger partial charge on any atom is -0.465 e. The van der Waals surface area contributed by atoms with Crippen LogP contribution in [0.25, 0.3) is 11.1 Å². The number of pyridine rings is 1. The Kier molecular flexibility index (Phi) is 8.31. The van der Waals surface area contributed by atoms with E-state index in [1.807, 2.05) is 19.1 Å². The number of amides is 2. The highest BCUT2D eigenvalue weighted by atomic mass is 19.4. The molecular formula is C28H28F3N3O4. The van der Waals surface area contributed by atoms with E-state index >= 15 is 0 Å². The number of carbonyl (C=O) groups is 2. The lowest BCUT2D eigenvalue weighted by molar-refractivity contribution is -0.137. The summed E-state index contributed by atoms with van der Waals surface area (Å²) >= 11 is 0. The van der Waals surface area contributed by atoms with Crippen LogP contribution in [0.15, 0.2) is 60.8 Å². The van der Waals surface area contributed by atoms with Crippen LogP contribution in [0, 0.1) is 0 Å². The number of nitrogens with one attached hydrogen (secondary N) is 2. The van der Waals surface area contributed by atoms with Gasteiger partial charge in [0.1, 0.15) is 5.69 Å². The van der Waals surface area contributed by atoms with Gasteiger partial charge in [0.2, 0.25) is 0 Å². The minimum absolute atomic E-state index is 0.142. The van der Waals surface area contributed by atoms with Gasteiger partial charge in [-0.15, -0.1) is 0 Å². The average molecular weight is 528 g/mol. The van der Waals surface area contributed by atoms with Crippen molar-refractivity contribution in [3.05, 3.63) is 88.7 Å². The first-order valence-corrected chi connectivity index (χ1v) is 12.2. The van der Waals surface area contributed by atoms with E-state index in [1.165, 1.54) is 6.07 Å². The number of alkyl halides is 3. The highest BCUT2D eigenvalue weighted by molar-refractivity contribution is 5.92. The van der Waals surface area contributed by atoms with Crippen molar-refractivity contribution in [1.82, 2.24) is 15.6 Å². The Hall–Kier alpha value is -3.92. The van der Waals surface area contributed by atoms with E-state index in [2.05, 4.69) is 15.6 Å². The van der Waals surface area contributed by atoms with E-state index in [1.54, 1.807) is 30.5 Å². The number of ether oxygens (including phenoxy) is 1. The Morgan fingerprint density at radius 3 is 2.45 bits per heavy atom. The quantitative estimate of drug-likeness (QED) is 0.354. The van der Waals surface area contributed by atoms with E-state index in [-0.39, 0.29) is 24.1 Å². The van der Waals surface area contributed by atoms with Crippen LogP contribution in [0.1, 0.15) is 64.5 Å². The highest BCUT2D eigenvalue weighted by Crippen LogP contribution is 2.34. The molecule has 38 heavy (non-hydrogen) atoms. The van der Waals surface area contributed by atoms with E-state index in [0.717, 1.165) is 36.1 Å². The lowest BCUT2D eigenvalue weighted by Crippen LogP contribution is -2.27. The summed E-state index contributed by atoms with van der Waals surface area (Å²) in [6, 6.07) is 13.3. The summed E-state index contributed by atoms with van der Waals surface area (Å²) in [6.07, 6.45) is -2.39. The number of nitrogens with zero attached hydrogens (tertiary/aromatic N) is 1. The number of hydrogen-bond acceptors (Lipinski definition) is 4. The molecule has 3 aromatic rings. The van der Waals surface area contributed by atoms with E-state index in [0.29, 0.717) is 36.0 Å². The van der Waals surface area contributed by atoms with Crippen LogP contribution < -0.4 is 10.6 Å². The lowest BCUT2D eigenvalue weighted by atomic mass is 9.92. The van der Waals surface area contributed by atoms with Gasteiger partial charge in [0, 0.05) is 26.0 Å². The SMILES string of the molecule is C[C@@H](NC(=O)c1cc(C2CCOCC2)ccn1)c1ccc(-c2cc(C(F)(F)F)ccc2CNC(=O)O)cc1. The second-order valence-corrected chi connectivity index (χ2v) is 9.21. The highest BCUT2D eigenvalue weighted by Gasteiger charge is 2.31. The number of hydrogen-bond donors (Lipinski definition) is 3. The van der Waals surface area contributed by atoms with Gasteiger partial charge in [0.05, 0.1) is 11.6 Å². The molecule has 0 saturated carbocycles. The van der Waals surface area contributed by atoms with Crippen molar-refractivity contribution < 1.29 is 32.6 Å². The topological polar surface area (TPSA) is 101 Å². The van der Waals surface area contributed by atoms with E-state index < -0.39 is 17.8 Å². The smallest absolute Gasteiger partial charge is 0.416 e. The Morgan fingerprint density at radius 2 is 1.79 bits per heavy atom. The molecule has 2 heterocycles. The average Bonchev–Trinajstić information content (AvgIpc) is 2.92. The summed E-state index contributed by atoms with van der Waals surface area (Å²) in [5.41, 5.74) is 2.46. The molecule has 0 spiro atoms. The second-order valence-electron chi connectivity index (χ2n) is 9.21. The maximum atomic E-state index is 13.3. The molecule has 2 amide bonds. The molecular weight excluding hydrogens is 499 g/mol. The molecule has 1 aliphatic rings. The summed E-state index contributed by atoms with van der Waals surface area (Å²) < 4.78 is 45.4. The molecule has 1 saturated heterocycles. The van der Waals surface area contributed by atoms with Crippen LogP contribution >= 0.6 is 0 Å². The third kappa shape index (κ3) is 6.69. The zero-order chi connectivity index (χ0) is 27.3. The molecule has 200 valence electrons. The first-order chi connectivity index (χ1) is 18.1. The predicted molar refractivity (Wildman–Crippen MR) is 135 cm³/mol. The molecule has 0 aliphatic carbocycles. The standard InChI is InChI=1S/C28H28F3N3O4/c1-17(34-26(35)25-14-21(8-11-32-25)19-9-12-38-13-10-19)18-2-4-20(5-3-18)24-15-23(28(29,30)31)7-6-22(24)16-33-27(36)37/h2-8,11,14-15,17,19,33H,9-10,12-13,16H2,1H3,(H,34,35)(H,36,37)/t17-/m1/s1. The predicted octanol–water partition coefficient (Wildman–Crippen LogP) is 5.92. The maximum absolute atomic E-state index is 13.3.